The molecule has 2 heterocycles. The highest BCUT2D eigenvalue weighted by molar-refractivity contribution is 8.26. The first-order chi connectivity index (χ1) is 15.0. The third-order valence-electron chi connectivity index (χ3n) is 5.37. The van der Waals surface area contributed by atoms with Crippen LogP contribution in [-0.4, -0.2) is 39.4 Å². The van der Waals surface area contributed by atoms with Crippen LogP contribution >= 0.6 is 24.0 Å². The lowest BCUT2D eigenvalue weighted by Gasteiger charge is -2.16. The molecule has 3 rings (SSSR count). The molecule has 31 heavy (non-hydrogen) atoms. The number of hydrogen-bond acceptors (Lipinski definition) is 5. The van der Waals surface area contributed by atoms with Gasteiger partial charge < -0.3 is 9.84 Å². The van der Waals surface area contributed by atoms with Crippen molar-refractivity contribution in [1.82, 2.24) is 4.90 Å². The van der Waals surface area contributed by atoms with Crippen LogP contribution in [0.15, 0.2) is 40.8 Å². The van der Waals surface area contributed by atoms with Crippen molar-refractivity contribution in [2.45, 2.75) is 57.8 Å². The largest absolute Gasteiger partial charge is 0.488 e. The number of unbranched alkanes of at least 4 members (excludes halogenated alkanes) is 7. The predicted molar refractivity (Wildman–Crippen MR) is 129 cm³/mol. The average molecular weight is 460 g/mol. The number of aliphatic carboxylic acids is 1. The number of ether oxygens (including phenoxy) is 1. The van der Waals surface area contributed by atoms with Crippen molar-refractivity contribution in [2.75, 3.05) is 13.2 Å². The van der Waals surface area contributed by atoms with Crippen LogP contribution in [0, 0.1) is 0 Å². The number of amides is 1. The lowest BCUT2D eigenvalue weighted by molar-refractivity contribution is -0.137. The van der Waals surface area contributed by atoms with E-state index < -0.39 is 5.97 Å². The SMILES string of the molecule is O=C(O)CCCCCCCCCCN1C(=O)/C(=C/C2=Cc3ccccc3OC2)SC1=S. The molecule has 0 spiro atoms. The van der Waals surface area contributed by atoms with Gasteiger partial charge in [0.1, 0.15) is 16.7 Å². The number of thiocarbonyl (C=S) groups is 1. The van der Waals surface area contributed by atoms with Gasteiger partial charge in [-0.15, -0.1) is 0 Å². The summed E-state index contributed by atoms with van der Waals surface area (Å²) in [6.07, 6.45) is 12.5. The predicted octanol–water partition coefficient (Wildman–Crippen LogP) is 5.80. The van der Waals surface area contributed by atoms with E-state index in [1.54, 1.807) is 4.90 Å². The minimum atomic E-state index is -0.709. The third-order valence-corrected chi connectivity index (χ3v) is 6.74. The molecule has 0 aliphatic carbocycles. The van der Waals surface area contributed by atoms with Crippen LogP contribution in [0.1, 0.15) is 63.4 Å². The quantitative estimate of drug-likeness (QED) is 0.242. The van der Waals surface area contributed by atoms with Crippen LogP contribution in [0.4, 0.5) is 0 Å². The van der Waals surface area contributed by atoms with Crippen molar-refractivity contribution < 1.29 is 19.4 Å². The summed E-state index contributed by atoms with van der Waals surface area (Å²) in [5.74, 6) is 0.153. The Hall–Kier alpha value is -2.12. The highest BCUT2D eigenvalue weighted by Gasteiger charge is 2.31. The number of carbonyl (C=O) groups is 2. The number of fused-ring (bicyclic) bond motifs is 1. The second-order valence-corrected chi connectivity index (χ2v) is 9.53. The molecule has 0 radical (unpaired) electrons. The summed E-state index contributed by atoms with van der Waals surface area (Å²) < 4.78 is 6.40. The number of para-hydroxylation sites is 1. The van der Waals surface area contributed by atoms with Gasteiger partial charge in [-0.1, -0.05) is 80.7 Å². The summed E-state index contributed by atoms with van der Waals surface area (Å²) in [5, 5.41) is 8.62. The minimum Gasteiger partial charge on any atom is -0.488 e. The zero-order valence-electron chi connectivity index (χ0n) is 17.7. The fraction of sp³-hybridized carbons (Fsp3) is 0.458. The van der Waals surface area contributed by atoms with Crippen LogP contribution < -0.4 is 4.74 Å². The van der Waals surface area contributed by atoms with Crippen molar-refractivity contribution in [3.05, 3.63) is 46.4 Å². The Morgan fingerprint density at radius 2 is 1.77 bits per heavy atom. The standard InChI is InChI=1S/C24H29NO4S2/c26-22(27)13-7-5-3-1-2-4-6-10-14-25-23(28)21(31-24(25)30)16-18-15-19-11-8-9-12-20(19)29-17-18/h8-9,11-12,15-16H,1-7,10,13-14,17H2,(H,26,27)/b21-16-. The Labute approximate surface area is 193 Å². The summed E-state index contributed by atoms with van der Waals surface area (Å²) in [6.45, 7) is 1.12. The Kier molecular flexibility index (Phi) is 9.15. The Morgan fingerprint density at radius 3 is 2.52 bits per heavy atom. The van der Waals surface area contributed by atoms with Gasteiger partial charge in [0, 0.05) is 18.5 Å². The Morgan fingerprint density at radius 1 is 1.10 bits per heavy atom. The van der Waals surface area contributed by atoms with Crippen molar-refractivity contribution in [3.8, 4) is 5.75 Å². The molecule has 1 aromatic carbocycles. The van der Waals surface area contributed by atoms with Crippen LogP contribution in [0.3, 0.4) is 0 Å². The topological polar surface area (TPSA) is 66.8 Å². The second kappa shape index (κ2) is 12.1. The van der Waals surface area contributed by atoms with E-state index in [-0.39, 0.29) is 12.3 Å². The molecule has 5 nitrogen and oxygen atoms in total. The zero-order chi connectivity index (χ0) is 22.1. The molecule has 0 aromatic heterocycles. The Balaban J connectivity index is 1.37. The molecule has 1 saturated heterocycles. The minimum absolute atomic E-state index is 0.00631. The normalized spacial score (nSPS) is 17.0. The fourth-order valence-electron chi connectivity index (χ4n) is 3.69. The summed E-state index contributed by atoms with van der Waals surface area (Å²) in [7, 11) is 0. The monoisotopic (exact) mass is 459 g/mol. The van der Waals surface area contributed by atoms with Gasteiger partial charge in [-0.3, -0.25) is 14.5 Å². The number of benzene rings is 1. The van der Waals surface area contributed by atoms with E-state index in [0.29, 0.717) is 22.4 Å². The zero-order valence-corrected chi connectivity index (χ0v) is 19.3. The molecule has 0 atom stereocenters. The first-order valence-corrected chi connectivity index (χ1v) is 12.2. The third kappa shape index (κ3) is 7.21. The van der Waals surface area contributed by atoms with Gasteiger partial charge in [0.25, 0.3) is 5.91 Å². The van der Waals surface area contributed by atoms with Gasteiger partial charge in [-0.05, 0) is 36.6 Å². The number of nitrogens with zero attached hydrogens (tertiary/aromatic N) is 1. The van der Waals surface area contributed by atoms with Crippen molar-refractivity contribution in [3.63, 3.8) is 0 Å². The molecule has 7 heteroatoms. The molecule has 2 aliphatic rings. The first-order valence-electron chi connectivity index (χ1n) is 10.9. The van der Waals surface area contributed by atoms with Gasteiger partial charge in [0.15, 0.2) is 0 Å². The van der Waals surface area contributed by atoms with E-state index in [4.69, 9.17) is 22.1 Å². The van der Waals surface area contributed by atoms with Crippen LogP contribution in [0.5, 0.6) is 5.75 Å². The first kappa shape index (κ1) is 23.5. The molecule has 166 valence electrons. The molecule has 1 aromatic rings. The van der Waals surface area contributed by atoms with Gasteiger partial charge in [0.05, 0.1) is 4.91 Å². The van der Waals surface area contributed by atoms with E-state index >= 15 is 0 Å². The fourth-order valence-corrected chi connectivity index (χ4v) is 5.01. The maximum Gasteiger partial charge on any atom is 0.303 e. The number of thioether (sulfide) groups is 1. The van der Waals surface area contributed by atoms with Gasteiger partial charge in [-0.25, -0.2) is 0 Å². The van der Waals surface area contributed by atoms with E-state index in [1.165, 1.54) is 11.8 Å². The smallest absolute Gasteiger partial charge is 0.303 e. The van der Waals surface area contributed by atoms with Crippen molar-refractivity contribution in [1.29, 1.82) is 0 Å². The maximum atomic E-state index is 12.8. The average Bonchev–Trinajstić information content (AvgIpc) is 3.02. The van der Waals surface area contributed by atoms with Gasteiger partial charge >= 0.3 is 5.97 Å². The van der Waals surface area contributed by atoms with Crippen molar-refractivity contribution >= 4 is 46.3 Å². The molecule has 0 unspecified atom stereocenters. The van der Waals surface area contributed by atoms with Crippen LogP contribution in [0.25, 0.3) is 6.08 Å². The molecule has 1 N–H and O–H groups in total. The Bertz CT molecular complexity index is 878. The highest BCUT2D eigenvalue weighted by Crippen LogP contribution is 2.34. The number of carboxylic acids is 1. The molecule has 1 fully saturated rings. The summed E-state index contributed by atoms with van der Waals surface area (Å²) in [6, 6.07) is 7.87. The summed E-state index contributed by atoms with van der Waals surface area (Å²) >= 11 is 6.81. The molecule has 0 bridgehead atoms. The van der Waals surface area contributed by atoms with Crippen LogP contribution in [-0.2, 0) is 9.59 Å². The van der Waals surface area contributed by atoms with E-state index in [2.05, 4.69) is 6.08 Å². The summed E-state index contributed by atoms with van der Waals surface area (Å²) in [5.41, 5.74) is 2.00. The van der Waals surface area contributed by atoms with Gasteiger partial charge in [0.2, 0.25) is 0 Å². The maximum absolute atomic E-state index is 12.8. The van der Waals surface area contributed by atoms with E-state index in [0.717, 1.165) is 68.3 Å². The number of hydrogen-bond donors (Lipinski definition) is 1. The van der Waals surface area contributed by atoms with Crippen LogP contribution in [0.2, 0.25) is 0 Å². The lowest BCUT2D eigenvalue weighted by atomic mass is 10.1. The van der Waals surface area contributed by atoms with E-state index in [1.807, 2.05) is 30.3 Å². The molecule has 0 saturated carbocycles. The van der Waals surface area contributed by atoms with Crippen molar-refractivity contribution in [2.24, 2.45) is 0 Å². The number of rotatable bonds is 12. The molecule has 2 aliphatic heterocycles. The van der Waals surface area contributed by atoms with Gasteiger partial charge in [-0.2, -0.15) is 0 Å². The van der Waals surface area contributed by atoms with E-state index in [9.17, 15) is 9.59 Å². The molecular weight excluding hydrogens is 430 g/mol. The molecule has 1 amide bonds. The number of carboxylic acid groups (broad SMARTS) is 1. The highest BCUT2D eigenvalue weighted by atomic mass is 32.2. The summed E-state index contributed by atoms with van der Waals surface area (Å²) in [4.78, 5) is 25.7. The second-order valence-electron chi connectivity index (χ2n) is 7.85. The lowest BCUT2D eigenvalue weighted by Crippen LogP contribution is -2.29. The number of carbonyl (C=O) groups excluding carboxylic acids is 1. The molecular formula is C24H29NO4S2.